The van der Waals surface area contributed by atoms with E-state index in [1.165, 1.54) is 44.9 Å². The van der Waals surface area contributed by atoms with E-state index in [-0.39, 0.29) is 5.82 Å². The van der Waals surface area contributed by atoms with E-state index >= 15 is 0 Å². The summed E-state index contributed by atoms with van der Waals surface area (Å²) in [5.74, 6) is -0.0459. The Bertz CT molecular complexity index is 293. The van der Waals surface area contributed by atoms with Gasteiger partial charge in [-0.2, -0.15) is 0 Å². The van der Waals surface area contributed by atoms with Gasteiger partial charge in [-0.25, -0.2) is 4.39 Å². The quantitative estimate of drug-likeness (QED) is 0.496. The maximum atomic E-state index is 13.3. The van der Waals surface area contributed by atoms with Crippen molar-refractivity contribution in [3.05, 3.63) is 35.6 Å². The molecular weight excluding hydrogens is 211 g/mol. The fourth-order valence-electron chi connectivity index (χ4n) is 2.15. The second-order valence-corrected chi connectivity index (χ2v) is 4.82. The van der Waals surface area contributed by atoms with Crippen LogP contribution in [0.1, 0.15) is 63.9 Å². The molecule has 1 aromatic rings. The lowest BCUT2D eigenvalue weighted by Crippen LogP contribution is -1.90. The maximum absolute atomic E-state index is 13.3. The Kier molecular flexibility index (Phi) is 7.70. The van der Waals surface area contributed by atoms with Gasteiger partial charge in [0.05, 0.1) is 0 Å². The highest BCUT2D eigenvalue weighted by Gasteiger charge is 1.99. The molecule has 0 radical (unpaired) electrons. The number of halogens is 1. The van der Waals surface area contributed by atoms with Gasteiger partial charge in [0.25, 0.3) is 0 Å². The Morgan fingerprint density at radius 3 is 2.06 bits per heavy atom. The highest BCUT2D eigenvalue weighted by Crippen LogP contribution is 2.13. The first-order chi connectivity index (χ1) is 8.34. The average molecular weight is 236 g/mol. The zero-order chi connectivity index (χ0) is 12.3. The minimum atomic E-state index is -0.0459. The van der Waals surface area contributed by atoms with Gasteiger partial charge in [-0.15, -0.1) is 0 Å². The third-order valence-electron chi connectivity index (χ3n) is 3.26. The van der Waals surface area contributed by atoms with Crippen LogP contribution >= 0.6 is 0 Å². The van der Waals surface area contributed by atoms with Crippen LogP contribution in [-0.2, 0) is 6.42 Å². The van der Waals surface area contributed by atoms with Crippen LogP contribution in [0.3, 0.4) is 0 Å². The van der Waals surface area contributed by atoms with Crippen molar-refractivity contribution in [1.82, 2.24) is 0 Å². The molecule has 0 bridgehead atoms. The summed E-state index contributed by atoms with van der Waals surface area (Å²) in [7, 11) is 0. The zero-order valence-electron chi connectivity index (χ0n) is 11.1. The first-order valence-electron chi connectivity index (χ1n) is 7.08. The average Bonchev–Trinajstić information content (AvgIpc) is 2.35. The minimum Gasteiger partial charge on any atom is -0.207 e. The van der Waals surface area contributed by atoms with E-state index in [4.69, 9.17) is 0 Å². The van der Waals surface area contributed by atoms with Crippen molar-refractivity contribution >= 4 is 0 Å². The van der Waals surface area contributed by atoms with E-state index in [1.54, 1.807) is 12.1 Å². The molecule has 0 aliphatic carbocycles. The monoisotopic (exact) mass is 236 g/mol. The van der Waals surface area contributed by atoms with Crippen molar-refractivity contribution < 1.29 is 4.39 Å². The van der Waals surface area contributed by atoms with Crippen molar-refractivity contribution in [3.8, 4) is 0 Å². The molecule has 0 unspecified atom stereocenters. The predicted octanol–water partition coefficient (Wildman–Crippen LogP) is 5.51. The normalized spacial score (nSPS) is 10.7. The van der Waals surface area contributed by atoms with E-state index < -0.39 is 0 Å². The summed E-state index contributed by atoms with van der Waals surface area (Å²) in [5, 5.41) is 0. The molecule has 1 aromatic carbocycles. The second-order valence-electron chi connectivity index (χ2n) is 4.82. The van der Waals surface area contributed by atoms with E-state index in [1.807, 2.05) is 12.1 Å². The number of benzene rings is 1. The van der Waals surface area contributed by atoms with Crippen LogP contribution in [0.2, 0.25) is 0 Å². The van der Waals surface area contributed by atoms with Gasteiger partial charge in [0.15, 0.2) is 0 Å². The van der Waals surface area contributed by atoms with Gasteiger partial charge < -0.3 is 0 Å². The largest absolute Gasteiger partial charge is 0.207 e. The van der Waals surface area contributed by atoms with E-state index in [2.05, 4.69) is 6.92 Å². The van der Waals surface area contributed by atoms with Crippen LogP contribution in [-0.4, -0.2) is 0 Å². The molecule has 0 aromatic heterocycles. The van der Waals surface area contributed by atoms with E-state index in [9.17, 15) is 4.39 Å². The van der Waals surface area contributed by atoms with Crippen molar-refractivity contribution in [2.45, 2.75) is 64.7 Å². The molecule has 0 fully saturated rings. The van der Waals surface area contributed by atoms with Gasteiger partial charge in [-0.1, -0.05) is 70.1 Å². The molecule has 0 atom stereocenters. The molecule has 0 saturated carbocycles. The van der Waals surface area contributed by atoms with E-state index in [0.717, 1.165) is 18.4 Å². The molecule has 0 saturated heterocycles. The fourth-order valence-corrected chi connectivity index (χ4v) is 2.15. The predicted molar refractivity (Wildman–Crippen MR) is 72.7 cm³/mol. The molecule has 17 heavy (non-hydrogen) atoms. The number of hydrogen-bond acceptors (Lipinski definition) is 0. The maximum Gasteiger partial charge on any atom is 0.126 e. The molecule has 0 nitrogen and oxygen atoms in total. The Hall–Kier alpha value is -0.850. The first-order valence-corrected chi connectivity index (χ1v) is 7.08. The van der Waals surface area contributed by atoms with Gasteiger partial charge in [0.1, 0.15) is 5.82 Å². The second kappa shape index (κ2) is 9.21. The highest BCUT2D eigenvalue weighted by atomic mass is 19.1. The summed E-state index contributed by atoms with van der Waals surface area (Å²) in [4.78, 5) is 0. The zero-order valence-corrected chi connectivity index (χ0v) is 11.1. The Labute approximate surface area is 105 Å². The van der Waals surface area contributed by atoms with Gasteiger partial charge in [-0.3, -0.25) is 0 Å². The third kappa shape index (κ3) is 6.45. The summed E-state index contributed by atoms with van der Waals surface area (Å²) >= 11 is 0. The molecular formula is C16H25F. The summed E-state index contributed by atoms with van der Waals surface area (Å²) in [6.07, 6.45) is 11.3. The molecule has 0 heterocycles. The van der Waals surface area contributed by atoms with Gasteiger partial charge in [-0.05, 0) is 24.5 Å². The SMILES string of the molecule is CCCCCCCCCCc1ccccc1F. The summed E-state index contributed by atoms with van der Waals surface area (Å²) in [5.41, 5.74) is 0.874. The van der Waals surface area contributed by atoms with Crippen LogP contribution in [0.15, 0.2) is 24.3 Å². The summed E-state index contributed by atoms with van der Waals surface area (Å²) < 4.78 is 13.3. The number of hydrogen-bond donors (Lipinski definition) is 0. The molecule has 1 rings (SSSR count). The van der Waals surface area contributed by atoms with Crippen LogP contribution < -0.4 is 0 Å². The molecule has 1 heteroatoms. The van der Waals surface area contributed by atoms with Crippen molar-refractivity contribution in [3.63, 3.8) is 0 Å². The summed E-state index contributed by atoms with van der Waals surface area (Å²) in [6, 6.07) is 7.13. The van der Waals surface area contributed by atoms with Crippen LogP contribution in [0.4, 0.5) is 4.39 Å². The van der Waals surface area contributed by atoms with E-state index in [0.29, 0.717) is 0 Å². The Morgan fingerprint density at radius 2 is 1.41 bits per heavy atom. The van der Waals surface area contributed by atoms with Crippen LogP contribution in [0, 0.1) is 5.82 Å². The Balaban J connectivity index is 1.99. The lowest BCUT2D eigenvalue weighted by atomic mass is 10.0. The number of aryl methyl sites for hydroxylation is 1. The summed E-state index contributed by atoms with van der Waals surface area (Å²) in [6.45, 7) is 2.24. The first kappa shape index (κ1) is 14.2. The standard InChI is InChI=1S/C16H25F/c1-2-3-4-5-6-7-8-9-12-15-13-10-11-14-16(15)17/h10-11,13-14H,2-9,12H2,1H3. The Morgan fingerprint density at radius 1 is 0.824 bits per heavy atom. The molecule has 96 valence electrons. The number of unbranched alkanes of at least 4 members (excludes halogenated alkanes) is 7. The molecule has 0 aliphatic heterocycles. The van der Waals surface area contributed by atoms with Crippen LogP contribution in [0.5, 0.6) is 0 Å². The number of rotatable bonds is 9. The van der Waals surface area contributed by atoms with Crippen molar-refractivity contribution in [2.75, 3.05) is 0 Å². The minimum absolute atomic E-state index is 0.0459. The van der Waals surface area contributed by atoms with Crippen molar-refractivity contribution in [2.24, 2.45) is 0 Å². The molecule has 0 aliphatic rings. The lowest BCUT2D eigenvalue weighted by Gasteiger charge is -2.03. The van der Waals surface area contributed by atoms with Gasteiger partial charge in [0.2, 0.25) is 0 Å². The van der Waals surface area contributed by atoms with Crippen molar-refractivity contribution in [1.29, 1.82) is 0 Å². The molecule has 0 spiro atoms. The molecule has 0 amide bonds. The van der Waals surface area contributed by atoms with Gasteiger partial charge in [0, 0.05) is 0 Å². The van der Waals surface area contributed by atoms with Gasteiger partial charge >= 0.3 is 0 Å². The lowest BCUT2D eigenvalue weighted by molar-refractivity contribution is 0.564. The smallest absolute Gasteiger partial charge is 0.126 e. The highest BCUT2D eigenvalue weighted by molar-refractivity contribution is 5.17. The molecule has 0 N–H and O–H groups in total. The third-order valence-corrected chi connectivity index (χ3v) is 3.26. The topological polar surface area (TPSA) is 0 Å². The fraction of sp³-hybridized carbons (Fsp3) is 0.625. The van der Waals surface area contributed by atoms with Crippen LogP contribution in [0.25, 0.3) is 0 Å².